The van der Waals surface area contributed by atoms with Crippen molar-refractivity contribution in [3.8, 4) is 0 Å². The van der Waals surface area contributed by atoms with E-state index in [1.54, 1.807) is 11.3 Å². The van der Waals surface area contributed by atoms with E-state index in [0.29, 0.717) is 12.8 Å². The van der Waals surface area contributed by atoms with Crippen molar-refractivity contribution in [1.29, 1.82) is 0 Å². The maximum Gasteiger partial charge on any atom is 0.305 e. The highest BCUT2D eigenvalue weighted by atomic mass is 32.2. The quantitative estimate of drug-likeness (QED) is 0.768. The molecule has 100 valence electrons. The molecular formula is C11H16N2O3S2. The molecule has 2 heterocycles. The molecule has 1 fully saturated rings. The van der Waals surface area contributed by atoms with E-state index >= 15 is 0 Å². The summed E-state index contributed by atoms with van der Waals surface area (Å²) in [7, 11) is 0.727. The van der Waals surface area contributed by atoms with E-state index in [1.807, 2.05) is 5.38 Å². The average molecular weight is 288 g/mol. The summed E-state index contributed by atoms with van der Waals surface area (Å²) in [5.41, 5.74) is 0.923. The molecule has 2 rings (SSSR count). The van der Waals surface area contributed by atoms with Crippen LogP contribution in [-0.2, 0) is 26.8 Å². The van der Waals surface area contributed by atoms with E-state index < -0.39 is 10.8 Å². The zero-order valence-corrected chi connectivity index (χ0v) is 11.9. The van der Waals surface area contributed by atoms with Gasteiger partial charge in [0.25, 0.3) is 0 Å². The molecular weight excluding hydrogens is 272 g/mol. The van der Waals surface area contributed by atoms with Gasteiger partial charge < -0.3 is 9.64 Å². The van der Waals surface area contributed by atoms with Crippen LogP contribution in [0.1, 0.15) is 12.1 Å². The van der Waals surface area contributed by atoms with Crippen molar-refractivity contribution in [2.75, 3.05) is 36.6 Å². The van der Waals surface area contributed by atoms with Crippen molar-refractivity contribution in [1.82, 2.24) is 4.98 Å². The van der Waals surface area contributed by atoms with Crippen molar-refractivity contribution < 1.29 is 13.7 Å². The third-order valence-electron chi connectivity index (χ3n) is 2.80. The Hall–Kier alpha value is -0.950. The van der Waals surface area contributed by atoms with E-state index in [0.717, 1.165) is 35.4 Å². The second-order valence-corrected chi connectivity index (χ2v) is 6.57. The van der Waals surface area contributed by atoms with Crippen molar-refractivity contribution in [2.24, 2.45) is 0 Å². The molecule has 1 aliphatic heterocycles. The first-order valence-electron chi connectivity index (χ1n) is 5.80. The summed E-state index contributed by atoms with van der Waals surface area (Å²) in [6, 6.07) is 0. The average Bonchev–Trinajstić information content (AvgIpc) is 2.85. The highest BCUT2D eigenvalue weighted by Crippen LogP contribution is 2.22. The minimum absolute atomic E-state index is 0.210. The number of carbonyl (C=O) groups is 1. The zero-order chi connectivity index (χ0) is 13.0. The fourth-order valence-corrected chi connectivity index (χ4v) is 3.68. The number of aryl methyl sites for hydroxylation is 1. The van der Waals surface area contributed by atoms with Crippen LogP contribution in [0.5, 0.6) is 0 Å². The van der Waals surface area contributed by atoms with Crippen LogP contribution in [0.25, 0.3) is 0 Å². The van der Waals surface area contributed by atoms with Crippen LogP contribution >= 0.6 is 11.3 Å². The van der Waals surface area contributed by atoms with Gasteiger partial charge in [0.05, 0.1) is 19.2 Å². The number of hydrogen-bond acceptors (Lipinski definition) is 6. The van der Waals surface area contributed by atoms with E-state index in [-0.39, 0.29) is 5.97 Å². The maximum atomic E-state index is 11.3. The minimum Gasteiger partial charge on any atom is -0.469 e. The SMILES string of the molecule is COC(=O)CCc1csc(N2CCS(=O)CC2)n1. The highest BCUT2D eigenvalue weighted by Gasteiger charge is 2.18. The molecule has 0 bridgehead atoms. The second-order valence-electron chi connectivity index (χ2n) is 4.03. The van der Waals surface area contributed by atoms with Crippen molar-refractivity contribution in [3.63, 3.8) is 0 Å². The molecule has 0 spiro atoms. The normalized spacial score (nSPS) is 16.8. The van der Waals surface area contributed by atoms with Gasteiger partial charge in [0.1, 0.15) is 0 Å². The van der Waals surface area contributed by atoms with E-state index in [9.17, 15) is 9.00 Å². The predicted octanol–water partition coefficient (Wildman–Crippen LogP) is 0.817. The number of ether oxygens (including phenoxy) is 1. The van der Waals surface area contributed by atoms with Gasteiger partial charge in [-0.3, -0.25) is 9.00 Å². The molecule has 0 amide bonds. The predicted molar refractivity (Wildman–Crippen MR) is 72.5 cm³/mol. The molecule has 1 aliphatic rings. The lowest BCUT2D eigenvalue weighted by Crippen LogP contribution is -2.37. The fraction of sp³-hybridized carbons (Fsp3) is 0.636. The molecule has 5 nitrogen and oxygen atoms in total. The molecule has 1 aromatic rings. The van der Waals surface area contributed by atoms with Crippen molar-refractivity contribution >= 4 is 33.2 Å². The third kappa shape index (κ3) is 3.52. The molecule has 0 unspecified atom stereocenters. The van der Waals surface area contributed by atoms with Gasteiger partial charge in [-0.2, -0.15) is 0 Å². The van der Waals surface area contributed by atoms with Gasteiger partial charge in [0.15, 0.2) is 5.13 Å². The molecule has 0 N–H and O–H groups in total. The van der Waals surface area contributed by atoms with Gasteiger partial charge in [0, 0.05) is 47.2 Å². The van der Waals surface area contributed by atoms with Crippen LogP contribution in [0, 0.1) is 0 Å². The number of nitrogens with zero attached hydrogens (tertiary/aromatic N) is 2. The first-order valence-corrected chi connectivity index (χ1v) is 8.17. The molecule has 1 saturated heterocycles. The number of thiazole rings is 1. The number of esters is 1. The molecule has 0 radical (unpaired) electrons. The summed E-state index contributed by atoms with van der Waals surface area (Å²) in [6.07, 6.45) is 0.979. The van der Waals surface area contributed by atoms with Crippen molar-refractivity contribution in [3.05, 3.63) is 11.1 Å². The van der Waals surface area contributed by atoms with E-state index in [4.69, 9.17) is 0 Å². The Bertz CT molecular complexity index is 437. The molecule has 18 heavy (non-hydrogen) atoms. The van der Waals surface area contributed by atoms with Gasteiger partial charge >= 0.3 is 5.97 Å². The molecule has 0 saturated carbocycles. The number of hydrogen-bond donors (Lipinski definition) is 0. The summed E-state index contributed by atoms with van der Waals surface area (Å²) in [5, 5.41) is 2.94. The summed E-state index contributed by atoms with van der Waals surface area (Å²) in [4.78, 5) is 17.7. The molecule has 7 heteroatoms. The van der Waals surface area contributed by atoms with Crippen LogP contribution in [0.3, 0.4) is 0 Å². The van der Waals surface area contributed by atoms with Crippen LogP contribution in [0.4, 0.5) is 5.13 Å². The number of carbonyl (C=O) groups excluding carboxylic acids is 1. The first kappa shape index (κ1) is 13.5. The fourth-order valence-electron chi connectivity index (χ4n) is 1.72. The largest absolute Gasteiger partial charge is 0.469 e. The number of anilines is 1. The zero-order valence-electron chi connectivity index (χ0n) is 10.3. The molecule has 0 aliphatic carbocycles. The Balaban J connectivity index is 1.89. The smallest absolute Gasteiger partial charge is 0.305 e. The van der Waals surface area contributed by atoms with Crippen LogP contribution in [0.2, 0.25) is 0 Å². The Morgan fingerprint density at radius 2 is 2.28 bits per heavy atom. The van der Waals surface area contributed by atoms with Gasteiger partial charge in [0.2, 0.25) is 0 Å². The van der Waals surface area contributed by atoms with E-state index in [2.05, 4.69) is 14.6 Å². The molecule has 0 atom stereocenters. The minimum atomic E-state index is -0.665. The molecule has 1 aromatic heterocycles. The summed E-state index contributed by atoms with van der Waals surface area (Å²) >= 11 is 1.58. The maximum absolute atomic E-state index is 11.3. The highest BCUT2D eigenvalue weighted by molar-refractivity contribution is 7.85. The van der Waals surface area contributed by atoms with Gasteiger partial charge in [-0.1, -0.05) is 0 Å². The van der Waals surface area contributed by atoms with Crippen molar-refractivity contribution in [2.45, 2.75) is 12.8 Å². The van der Waals surface area contributed by atoms with E-state index in [1.165, 1.54) is 7.11 Å². The van der Waals surface area contributed by atoms with Crippen LogP contribution < -0.4 is 4.90 Å². The summed E-state index contributed by atoms with van der Waals surface area (Å²) in [6.45, 7) is 1.60. The third-order valence-corrected chi connectivity index (χ3v) is 5.03. The summed E-state index contributed by atoms with van der Waals surface area (Å²) < 4.78 is 15.9. The van der Waals surface area contributed by atoms with Crippen LogP contribution in [-0.4, -0.2) is 46.9 Å². The lowest BCUT2D eigenvalue weighted by atomic mass is 10.2. The lowest BCUT2D eigenvalue weighted by Gasteiger charge is -2.25. The lowest BCUT2D eigenvalue weighted by molar-refractivity contribution is -0.140. The Morgan fingerprint density at radius 1 is 1.56 bits per heavy atom. The monoisotopic (exact) mass is 288 g/mol. The molecule has 0 aromatic carbocycles. The second kappa shape index (κ2) is 6.29. The van der Waals surface area contributed by atoms with Gasteiger partial charge in [-0.05, 0) is 0 Å². The van der Waals surface area contributed by atoms with Gasteiger partial charge in [-0.15, -0.1) is 11.3 Å². The number of methoxy groups -OCH3 is 1. The first-order chi connectivity index (χ1) is 8.69. The number of aromatic nitrogens is 1. The standard InChI is InChI=1S/C11H16N2O3S2/c1-16-10(14)3-2-9-8-17-11(12-9)13-4-6-18(15)7-5-13/h8H,2-7H2,1H3. The Kier molecular flexibility index (Phi) is 4.71. The topological polar surface area (TPSA) is 59.5 Å². The Morgan fingerprint density at radius 3 is 2.94 bits per heavy atom. The van der Waals surface area contributed by atoms with Crippen LogP contribution in [0.15, 0.2) is 5.38 Å². The number of rotatable bonds is 4. The summed E-state index contributed by atoms with van der Waals surface area (Å²) in [5.74, 6) is 1.23. The van der Waals surface area contributed by atoms with Gasteiger partial charge in [-0.25, -0.2) is 4.98 Å². The Labute approximate surface area is 113 Å².